The maximum Gasteiger partial charge on any atom is 0.0620 e. The molecule has 0 amide bonds. The molecule has 6 aromatic carbocycles. The second-order valence-corrected chi connectivity index (χ2v) is 12.5. The highest BCUT2D eigenvalue weighted by Crippen LogP contribution is 2.43. The number of hydrogen-bond acceptors (Lipinski definition) is 0. The van der Waals surface area contributed by atoms with Crippen LogP contribution in [0.3, 0.4) is 0 Å². The largest absolute Gasteiger partial charge is 0.308 e. The molecule has 0 aliphatic heterocycles. The van der Waals surface area contributed by atoms with Crippen LogP contribution in [0.1, 0.15) is 0 Å². The normalized spacial score (nSPS) is 17.1. The number of fused-ring (bicyclic) bond motifs is 8. The first-order chi connectivity index (χ1) is 22.3. The number of nitrogens with zero attached hydrogens (tertiary/aromatic N) is 1. The van der Waals surface area contributed by atoms with Crippen LogP contribution in [-0.2, 0) is 0 Å². The molecule has 2 heterocycles. The summed E-state index contributed by atoms with van der Waals surface area (Å²) >= 11 is 0. The van der Waals surface area contributed by atoms with E-state index < -0.39 is 0 Å². The Kier molecular flexibility index (Phi) is 5.18. The third-order valence-electron chi connectivity index (χ3n) is 9.99. The molecular formula is C44H29N. The van der Waals surface area contributed by atoms with Gasteiger partial charge >= 0.3 is 0 Å². The molecule has 45 heavy (non-hydrogen) atoms. The Bertz CT molecular complexity index is 2580. The van der Waals surface area contributed by atoms with E-state index in [0.717, 1.165) is 0 Å². The Balaban J connectivity index is 1.39. The van der Waals surface area contributed by atoms with Crippen molar-refractivity contribution in [1.29, 1.82) is 0 Å². The van der Waals surface area contributed by atoms with Crippen molar-refractivity contribution in [2.24, 2.45) is 11.8 Å². The van der Waals surface area contributed by atoms with Gasteiger partial charge in [-0.25, -0.2) is 0 Å². The van der Waals surface area contributed by atoms with Gasteiger partial charge in [-0.05, 0) is 68.4 Å². The first-order valence-electron chi connectivity index (χ1n) is 15.9. The van der Waals surface area contributed by atoms with Crippen LogP contribution >= 0.6 is 0 Å². The highest BCUT2D eigenvalue weighted by Gasteiger charge is 2.25. The molecule has 0 saturated carbocycles. The predicted octanol–water partition coefficient (Wildman–Crippen LogP) is 9.77. The fourth-order valence-corrected chi connectivity index (χ4v) is 7.96. The summed E-state index contributed by atoms with van der Waals surface area (Å²) in [6, 6.07) is 47.0. The zero-order valence-electron chi connectivity index (χ0n) is 24.7. The minimum Gasteiger partial charge on any atom is -0.308 e. The molecule has 210 valence electrons. The zero-order chi connectivity index (χ0) is 29.5. The van der Waals surface area contributed by atoms with E-state index in [0.29, 0.717) is 11.8 Å². The predicted molar refractivity (Wildman–Crippen MR) is 191 cm³/mol. The van der Waals surface area contributed by atoms with E-state index in [4.69, 9.17) is 0 Å². The summed E-state index contributed by atoms with van der Waals surface area (Å²) < 4.78 is 2.55. The second kappa shape index (κ2) is 9.42. The third-order valence-corrected chi connectivity index (χ3v) is 9.99. The van der Waals surface area contributed by atoms with E-state index in [9.17, 15) is 0 Å². The van der Waals surface area contributed by atoms with Crippen molar-refractivity contribution in [1.82, 2.24) is 4.40 Å². The number of allylic oxidation sites excluding steroid dienone is 4. The molecule has 0 saturated heterocycles. The molecule has 0 N–H and O–H groups in total. The van der Waals surface area contributed by atoms with Gasteiger partial charge in [0.05, 0.1) is 16.4 Å². The SMILES string of the molecule is C1=CC2C=c3c(n4c5cc6ccccc6cc5c5cc(-c6c(-c7ccccc7)cccc6-c6ccccc6)cc3c54)=CC2C=C1. The van der Waals surface area contributed by atoms with Crippen LogP contribution in [0.5, 0.6) is 0 Å². The van der Waals surface area contributed by atoms with Crippen molar-refractivity contribution in [3.8, 4) is 33.4 Å². The summed E-state index contributed by atoms with van der Waals surface area (Å²) in [6.07, 6.45) is 14.1. The van der Waals surface area contributed by atoms with Crippen LogP contribution < -0.4 is 10.6 Å². The standard InChI is InChI=1S/C44H29N/c1-3-12-28(13-4-1)35-20-11-21-36(29-14-5-2-6-15-29)43(35)34-24-39-37-22-30-16-7-9-18-32(30)26-41(37)45-42-27-33-19-10-8-17-31(33)23-38(42)40(25-34)44(39)45/h1-27,30,32H. The summed E-state index contributed by atoms with van der Waals surface area (Å²) in [5.74, 6) is 0.750. The van der Waals surface area contributed by atoms with Crippen molar-refractivity contribution < 1.29 is 0 Å². The van der Waals surface area contributed by atoms with E-state index in [-0.39, 0.29) is 0 Å². The molecule has 0 bridgehead atoms. The van der Waals surface area contributed by atoms with Crippen molar-refractivity contribution in [2.75, 3.05) is 0 Å². The van der Waals surface area contributed by atoms with Gasteiger partial charge in [0.25, 0.3) is 0 Å². The molecule has 2 aliphatic rings. The number of benzene rings is 6. The molecule has 0 fully saturated rings. The first kappa shape index (κ1) is 24.7. The molecule has 2 unspecified atom stereocenters. The lowest BCUT2D eigenvalue weighted by molar-refractivity contribution is 0.721. The maximum absolute atomic E-state index is 2.55. The summed E-state index contributed by atoms with van der Waals surface area (Å²) in [4.78, 5) is 0. The topological polar surface area (TPSA) is 4.41 Å². The van der Waals surface area contributed by atoms with Gasteiger partial charge in [-0.1, -0.05) is 140 Å². The van der Waals surface area contributed by atoms with Gasteiger partial charge in [0, 0.05) is 33.2 Å². The van der Waals surface area contributed by atoms with Crippen molar-refractivity contribution in [3.05, 3.63) is 162 Å². The van der Waals surface area contributed by atoms with Crippen molar-refractivity contribution >= 4 is 50.1 Å². The first-order valence-corrected chi connectivity index (χ1v) is 15.9. The van der Waals surface area contributed by atoms with Gasteiger partial charge < -0.3 is 4.40 Å². The van der Waals surface area contributed by atoms with E-state index in [1.807, 2.05) is 0 Å². The van der Waals surface area contributed by atoms with E-state index in [1.54, 1.807) is 0 Å². The Hall–Kier alpha value is -5.66. The molecule has 10 rings (SSSR count). The molecule has 0 radical (unpaired) electrons. The smallest absolute Gasteiger partial charge is 0.0620 e. The van der Waals surface area contributed by atoms with Crippen molar-refractivity contribution in [3.63, 3.8) is 0 Å². The summed E-state index contributed by atoms with van der Waals surface area (Å²) in [7, 11) is 0. The van der Waals surface area contributed by atoms with Crippen molar-refractivity contribution in [2.45, 2.75) is 0 Å². The average Bonchev–Trinajstić information content (AvgIpc) is 3.60. The minimum absolute atomic E-state index is 0.374. The summed E-state index contributed by atoms with van der Waals surface area (Å²) in [6.45, 7) is 0. The lowest BCUT2D eigenvalue weighted by atomic mass is 9.84. The average molecular weight is 572 g/mol. The molecule has 2 aliphatic carbocycles. The molecule has 1 nitrogen and oxygen atoms in total. The van der Waals surface area contributed by atoms with Gasteiger partial charge in [-0.15, -0.1) is 0 Å². The Morgan fingerprint density at radius 3 is 1.76 bits per heavy atom. The Labute approximate surface area is 261 Å². The van der Waals surface area contributed by atoms with E-state index >= 15 is 0 Å². The Morgan fingerprint density at radius 1 is 0.467 bits per heavy atom. The van der Waals surface area contributed by atoms with Crippen LogP contribution in [0.2, 0.25) is 0 Å². The van der Waals surface area contributed by atoms with Gasteiger partial charge in [-0.2, -0.15) is 0 Å². The third kappa shape index (κ3) is 3.62. The summed E-state index contributed by atoms with van der Waals surface area (Å²) in [5, 5.41) is 9.18. The monoisotopic (exact) mass is 571 g/mol. The second-order valence-electron chi connectivity index (χ2n) is 12.5. The van der Waals surface area contributed by atoms with E-state index in [2.05, 4.69) is 168 Å². The fraction of sp³-hybridized carbons (Fsp3) is 0.0455. The minimum atomic E-state index is 0.374. The van der Waals surface area contributed by atoms with Crippen LogP contribution in [0.25, 0.3) is 83.5 Å². The highest BCUT2D eigenvalue weighted by molar-refractivity contribution is 6.19. The molecule has 0 spiro atoms. The molecule has 2 aromatic heterocycles. The van der Waals surface area contributed by atoms with E-state index in [1.165, 1.54) is 81.9 Å². The van der Waals surface area contributed by atoms with Crippen LogP contribution in [0.4, 0.5) is 0 Å². The van der Waals surface area contributed by atoms with Crippen LogP contribution in [0, 0.1) is 11.8 Å². The van der Waals surface area contributed by atoms with Gasteiger partial charge in [0.15, 0.2) is 0 Å². The van der Waals surface area contributed by atoms with Crippen LogP contribution in [0.15, 0.2) is 152 Å². The zero-order valence-corrected chi connectivity index (χ0v) is 24.7. The quantitative estimate of drug-likeness (QED) is 0.199. The fourth-order valence-electron chi connectivity index (χ4n) is 7.96. The molecule has 1 heteroatoms. The lowest BCUT2D eigenvalue weighted by Gasteiger charge is -2.20. The number of rotatable bonds is 3. The van der Waals surface area contributed by atoms with Gasteiger partial charge in [-0.3, -0.25) is 0 Å². The van der Waals surface area contributed by atoms with Crippen LogP contribution in [-0.4, -0.2) is 4.40 Å². The molecule has 2 atom stereocenters. The Morgan fingerprint density at radius 2 is 1.07 bits per heavy atom. The summed E-state index contributed by atoms with van der Waals surface area (Å²) in [5.41, 5.74) is 10.1. The number of aromatic nitrogens is 1. The number of hydrogen-bond donors (Lipinski definition) is 0. The lowest BCUT2D eigenvalue weighted by Crippen LogP contribution is -2.33. The molecule has 8 aromatic rings. The van der Waals surface area contributed by atoms with Gasteiger partial charge in [0.2, 0.25) is 0 Å². The highest BCUT2D eigenvalue weighted by atomic mass is 14.9. The van der Waals surface area contributed by atoms with Gasteiger partial charge in [0.1, 0.15) is 0 Å². The molecular weight excluding hydrogens is 542 g/mol. The maximum atomic E-state index is 2.55.